The molecule has 3 nitrogen and oxygen atoms in total. The predicted molar refractivity (Wildman–Crippen MR) is 66.5 cm³/mol. The van der Waals surface area contributed by atoms with Crippen LogP contribution >= 0.6 is 0 Å². The van der Waals surface area contributed by atoms with Crippen LogP contribution in [0.15, 0.2) is 18.3 Å². The van der Waals surface area contributed by atoms with Crippen molar-refractivity contribution in [3.05, 3.63) is 29.6 Å². The Morgan fingerprint density at radius 1 is 1.44 bits per heavy atom. The number of nitrogens with one attached hydrogen (secondary N) is 1. The maximum absolute atomic E-state index is 5.78. The van der Waals surface area contributed by atoms with Crippen molar-refractivity contribution in [2.24, 2.45) is 0 Å². The molecule has 0 spiro atoms. The molecule has 0 bridgehead atoms. The quantitative estimate of drug-likeness (QED) is 0.831. The first-order chi connectivity index (χ1) is 7.51. The van der Waals surface area contributed by atoms with Crippen LogP contribution in [0.1, 0.15) is 38.1 Å². The molecule has 1 aromatic rings. The minimum atomic E-state index is -0.236. The van der Waals surface area contributed by atoms with Crippen LogP contribution in [0.3, 0.4) is 0 Å². The molecule has 0 saturated carbocycles. The molecule has 1 atom stereocenters. The number of aromatic nitrogens is 1. The summed E-state index contributed by atoms with van der Waals surface area (Å²) < 4.78 is 5.78. The van der Waals surface area contributed by atoms with Gasteiger partial charge in [-0.25, -0.2) is 0 Å². The zero-order valence-corrected chi connectivity index (χ0v) is 10.9. The van der Waals surface area contributed by atoms with E-state index in [9.17, 15) is 0 Å². The van der Waals surface area contributed by atoms with Gasteiger partial charge in [0.25, 0.3) is 0 Å². The van der Waals surface area contributed by atoms with Crippen molar-refractivity contribution < 1.29 is 4.74 Å². The largest absolute Gasteiger partial charge is 0.374 e. The highest BCUT2D eigenvalue weighted by atomic mass is 16.5. The fraction of sp³-hybridized carbons (Fsp3) is 0.615. The Kier molecular flexibility index (Phi) is 4.44. The number of ether oxygens (including phenoxy) is 1. The van der Waals surface area contributed by atoms with Gasteiger partial charge < -0.3 is 10.1 Å². The highest BCUT2D eigenvalue weighted by molar-refractivity contribution is 5.20. The van der Waals surface area contributed by atoms with Gasteiger partial charge in [0.05, 0.1) is 11.6 Å². The predicted octanol–water partition coefficient (Wildman–Crippen LogP) is 2.47. The Hall–Kier alpha value is -0.930. The third-order valence-electron chi connectivity index (χ3n) is 2.77. The average molecular weight is 222 g/mol. The number of hydrogen-bond donors (Lipinski definition) is 1. The first-order valence-corrected chi connectivity index (χ1v) is 5.75. The molecular formula is C13H22N2O. The summed E-state index contributed by atoms with van der Waals surface area (Å²) in [5.41, 5.74) is 1.96. The van der Waals surface area contributed by atoms with Gasteiger partial charge in [0.1, 0.15) is 0 Å². The van der Waals surface area contributed by atoms with Gasteiger partial charge in [-0.05, 0) is 46.4 Å². The van der Waals surface area contributed by atoms with Crippen LogP contribution in [0.2, 0.25) is 0 Å². The van der Waals surface area contributed by atoms with E-state index in [1.54, 1.807) is 0 Å². The Bertz CT molecular complexity index is 319. The number of likely N-dealkylation sites (N-methyl/N-ethyl adjacent to an activating group) is 1. The second kappa shape index (κ2) is 5.41. The lowest BCUT2D eigenvalue weighted by molar-refractivity contribution is -0.0375. The molecule has 16 heavy (non-hydrogen) atoms. The highest BCUT2D eigenvalue weighted by Crippen LogP contribution is 2.28. The second-order valence-electron chi connectivity index (χ2n) is 4.49. The lowest BCUT2D eigenvalue weighted by atomic mass is 9.92. The summed E-state index contributed by atoms with van der Waals surface area (Å²) in [7, 11) is 1.95. The molecule has 0 amide bonds. The molecular weight excluding hydrogens is 200 g/mol. The molecule has 1 rings (SSSR count). The zero-order valence-electron chi connectivity index (χ0n) is 10.9. The number of hydrogen-bond acceptors (Lipinski definition) is 3. The zero-order chi connectivity index (χ0) is 12.2. The van der Waals surface area contributed by atoms with Crippen LogP contribution in [0.5, 0.6) is 0 Å². The van der Waals surface area contributed by atoms with E-state index in [0.717, 1.165) is 11.3 Å². The van der Waals surface area contributed by atoms with Gasteiger partial charge in [-0.1, -0.05) is 6.07 Å². The Morgan fingerprint density at radius 2 is 2.12 bits per heavy atom. The van der Waals surface area contributed by atoms with Crippen molar-refractivity contribution in [2.75, 3.05) is 13.7 Å². The molecule has 0 aromatic carbocycles. The molecule has 1 heterocycles. The van der Waals surface area contributed by atoms with E-state index in [1.807, 2.05) is 33.2 Å². The molecule has 0 saturated heterocycles. The minimum Gasteiger partial charge on any atom is -0.374 e. The molecule has 1 N–H and O–H groups in total. The number of pyridine rings is 1. The maximum atomic E-state index is 5.78. The van der Waals surface area contributed by atoms with Crippen molar-refractivity contribution in [3.63, 3.8) is 0 Å². The van der Waals surface area contributed by atoms with Crippen LogP contribution in [0.25, 0.3) is 0 Å². The van der Waals surface area contributed by atoms with Gasteiger partial charge in [-0.3, -0.25) is 4.98 Å². The smallest absolute Gasteiger partial charge is 0.0820 e. The summed E-state index contributed by atoms with van der Waals surface area (Å²) in [4.78, 5) is 4.33. The average Bonchev–Trinajstić information content (AvgIpc) is 2.21. The van der Waals surface area contributed by atoms with E-state index in [1.165, 1.54) is 0 Å². The summed E-state index contributed by atoms with van der Waals surface area (Å²) >= 11 is 0. The van der Waals surface area contributed by atoms with Crippen LogP contribution in [0.4, 0.5) is 0 Å². The van der Waals surface area contributed by atoms with E-state index in [2.05, 4.69) is 30.2 Å². The van der Waals surface area contributed by atoms with E-state index in [4.69, 9.17) is 4.74 Å². The van der Waals surface area contributed by atoms with Crippen LogP contribution in [-0.2, 0) is 4.74 Å². The fourth-order valence-corrected chi connectivity index (χ4v) is 2.02. The SMILES string of the molecule is CCOC(C)(C)C(NC)c1ccc(C)nc1. The van der Waals surface area contributed by atoms with Crippen LogP contribution < -0.4 is 5.32 Å². The fourth-order valence-electron chi connectivity index (χ4n) is 2.02. The standard InChI is InChI=1S/C13H22N2O/c1-6-16-13(3,4)12(14-5)11-8-7-10(2)15-9-11/h7-9,12,14H,6H2,1-5H3. The van der Waals surface area contributed by atoms with Gasteiger partial charge in [0.15, 0.2) is 0 Å². The van der Waals surface area contributed by atoms with E-state index >= 15 is 0 Å². The first-order valence-electron chi connectivity index (χ1n) is 5.75. The van der Waals surface area contributed by atoms with Gasteiger partial charge in [0.2, 0.25) is 0 Å². The van der Waals surface area contributed by atoms with Crippen molar-refractivity contribution in [2.45, 2.75) is 39.3 Å². The maximum Gasteiger partial charge on any atom is 0.0820 e. The van der Waals surface area contributed by atoms with Gasteiger partial charge in [0, 0.05) is 18.5 Å². The summed E-state index contributed by atoms with van der Waals surface area (Å²) in [6.45, 7) is 8.91. The topological polar surface area (TPSA) is 34.1 Å². The molecule has 0 aliphatic rings. The first kappa shape index (κ1) is 13.1. The summed E-state index contributed by atoms with van der Waals surface area (Å²) in [6, 6.07) is 4.28. The number of rotatable bonds is 5. The molecule has 0 aliphatic carbocycles. The van der Waals surface area contributed by atoms with E-state index in [-0.39, 0.29) is 11.6 Å². The van der Waals surface area contributed by atoms with Crippen molar-refractivity contribution in [3.8, 4) is 0 Å². The number of aryl methyl sites for hydroxylation is 1. The molecule has 1 aromatic heterocycles. The van der Waals surface area contributed by atoms with E-state index in [0.29, 0.717) is 6.61 Å². The molecule has 0 aliphatic heterocycles. The monoisotopic (exact) mass is 222 g/mol. The van der Waals surface area contributed by atoms with Crippen molar-refractivity contribution >= 4 is 0 Å². The van der Waals surface area contributed by atoms with Crippen molar-refractivity contribution in [1.29, 1.82) is 0 Å². The van der Waals surface area contributed by atoms with Crippen molar-refractivity contribution in [1.82, 2.24) is 10.3 Å². The Balaban J connectivity index is 2.93. The molecule has 90 valence electrons. The third kappa shape index (κ3) is 3.03. The van der Waals surface area contributed by atoms with Gasteiger partial charge in [-0.15, -0.1) is 0 Å². The van der Waals surface area contributed by atoms with E-state index < -0.39 is 0 Å². The summed E-state index contributed by atoms with van der Waals surface area (Å²) in [5.74, 6) is 0. The van der Waals surface area contributed by atoms with Gasteiger partial charge in [-0.2, -0.15) is 0 Å². The van der Waals surface area contributed by atoms with Crippen LogP contribution in [0, 0.1) is 6.92 Å². The normalized spacial score (nSPS) is 13.8. The molecule has 0 radical (unpaired) electrons. The molecule has 1 unspecified atom stereocenters. The molecule has 3 heteroatoms. The minimum absolute atomic E-state index is 0.153. The number of nitrogens with zero attached hydrogens (tertiary/aromatic N) is 1. The van der Waals surface area contributed by atoms with Gasteiger partial charge >= 0.3 is 0 Å². The summed E-state index contributed by atoms with van der Waals surface area (Å²) in [6.07, 6.45) is 1.91. The second-order valence-corrected chi connectivity index (χ2v) is 4.49. The third-order valence-corrected chi connectivity index (χ3v) is 2.77. The summed E-state index contributed by atoms with van der Waals surface area (Å²) in [5, 5.41) is 3.30. The lowest BCUT2D eigenvalue weighted by Gasteiger charge is -2.34. The Labute approximate surface area is 98.2 Å². The highest BCUT2D eigenvalue weighted by Gasteiger charge is 2.30. The van der Waals surface area contributed by atoms with Crippen LogP contribution in [-0.4, -0.2) is 24.2 Å². The molecule has 0 fully saturated rings. The lowest BCUT2D eigenvalue weighted by Crippen LogP contribution is -2.40. The Morgan fingerprint density at radius 3 is 2.56 bits per heavy atom.